The van der Waals surface area contributed by atoms with E-state index in [0.29, 0.717) is 11.6 Å². The topological polar surface area (TPSA) is 34.0 Å². The van der Waals surface area contributed by atoms with Crippen LogP contribution in [0.3, 0.4) is 0 Å². The van der Waals surface area contributed by atoms with E-state index in [0.717, 1.165) is 23.7 Å². The number of para-hydroxylation sites is 1. The Balaban J connectivity index is 2.15. The maximum atomic E-state index is 12.0. The molecule has 1 N–H and O–H groups in total. The van der Waals surface area contributed by atoms with Gasteiger partial charge in [-0.3, -0.25) is 4.79 Å². The van der Waals surface area contributed by atoms with Crippen LogP contribution in [0.25, 0.3) is 10.9 Å². The number of aromatic nitrogens is 1. The Labute approximate surface area is 118 Å². The van der Waals surface area contributed by atoms with Crippen LogP contribution >= 0.6 is 11.6 Å². The minimum Gasteiger partial charge on any atom is -0.352 e. The molecule has 1 aromatic heterocycles. The monoisotopic (exact) mass is 278 g/mol. The zero-order valence-corrected chi connectivity index (χ0v) is 12.1. The number of fused-ring (bicyclic) bond motifs is 1. The van der Waals surface area contributed by atoms with Gasteiger partial charge < -0.3 is 9.88 Å². The van der Waals surface area contributed by atoms with Crippen molar-refractivity contribution >= 4 is 28.4 Å². The molecule has 4 heteroatoms. The van der Waals surface area contributed by atoms with Crippen LogP contribution in [0, 0.1) is 0 Å². The predicted molar refractivity (Wildman–Crippen MR) is 79.5 cm³/mol. The zero-order valence-electron chi connectivity index (χ0n) is 11.3. The van der Waals surface area contributed by atoms with Crippen molar-refractivity contribution in [2.45, 2.75) is 39.3 Å². The molecule has 0 radical (unpaired) electrons. The van der Waals surface area contributed by atoms with Gasteiger partial charge in [-0.25, -0.2) is 0 Å². The highest BCUT2D eigenvalue weighted by molar-refractivity contribution is 6.35. The van der Waals surface area contributed by atoms with Gasteiger partial charge in [-0.15, -0.1) is 0 Å². The molecule has 1 amide bonds. The Hall–Kier alpha value is -1.48. The number of nitrogens with one attached hydrogen (secondary N) is 1. The van der Waals surface area contributed by atoms with Crippen LogP contribution in [-0.2, 0) is 11.3 Å². The summed E-state index contributed by atoms with van der Waals surface area (Å²) >= 11 is 6.19. The van der Waals surface area contributed by atoms with E-state index in [4.69, 9.17) is 11.6 Å². The Kier molecular flexibility index (Phi) is 4.48. The van der Waals surface area contributed by atoms with Gasteiger partial charge in [0.1, 0.15) is 6.54 Å². The molecule has 2 aromatic rings. The summed E-state index contributed by atoms with van der Waals surface area (Å²) in [6.07, 6.45) is 3.81. The van der Waals surface area contributed by atoms with Gasteiger partial charge in [0.2, 0.25) is 5.91 Å². The molecule has 0 saturated carbocycles. The molecule has 102 valence electrons. The number of nitrogens with zero attached hydrogens (tertiary/aromatic N) is 1. The zero-order chi connectivity index (χ0) is 13.8. The second-order valence-electron chi connectivity index (χ2n) is 4.70. The Morgan fingerprint density at radius 3 is 2.74 bits per heavy atom. The maximum absolute atomic E-state index is 12.0. The fraction of sp³-hybridized carbons (Fsp3) is 0.400. The first kappa shape index (κ1) is 13.9. The van der Waals surface area contributed by atoms with E-state index in [9.17, 15) is 4.79 Å². The molecule has 0 spiro atoms. The van der Waals surface area contributed by atoms with Crippen molar-refractivity contribution in [3.63, 3.8) is 0 Å². The molecular formula is C15H19ClN2O. The van der Waals surface area contributed by atoms with Crippen molar-refractivity contribution in [1.29, 1.82) is 0 Å². The number of benzene rings is 1. The molecule has 0 unspecified atom stereocenters. The molecule has 0 fully saturated rings. The van der Waals surface area contributed by atoms with Crippen molar-refractivity contribution < 1.29 is 4.79 Å². The summed E-state index contributed by atoms with van der Waals surface area (Å²) < 4.78 is 1.90. The van der Waals surface area contributed by atoms with Gasteiger partial charge in [0.05, 0.1) is 10.5 Å². The van der Waals surface area contributed by atoms with Gasteiger partial charge in [-0.05, 0) is 25.0 Å². The first-order valence-electron chi connectivity index (χ1n) is 6.68. The molecule has 1 heterocycles. The van der Waals surface area contributed by atoms with Gasteiger partial charge in [0.15, 0.2) is 0 Å². The molecule has 1 aromatic carbocycles. The molecule has 3 nitrogen and oxygen atoms in total. The Morgan fingerprint density at radius 2 is 2.05 bits per heavy atom. The summed E-state index contributed by atoms with van der Waals surface area (Å²) in [6.45, 7) is 4.47. The molecule has 2 rings (SSSR count). The van der Waals surface area contributed by atoms with E-state index >= 15 is 0 Å². The smallest absolute Gasteiger partial charge is 0.240 e. The van der Waals surface area contributed by atoms with Gasteiger partial charge in [-0.2, -0.15) is 0 Å². The first-order chi connectivity index (χ1) is 9.15. The van der Waals surface area contributed by atoms with Crippen LogP contribution in [-0.4, -0.2) is 16.5 Å². The minimum absolute atomic E-state index is 0.0334. The molecule has 0 bridgehead atoms. The van der Waals surface area contributed by atoms with Crippen LogP contribution in [0.4, 0.5) is 0 Å². The number of hydrogen-bond donors (Lipinski definition) is 1. The van der Waals surface area contributed by atoms with Gasteiger partial charge >= 0.3 is 0 Å². The van der Waals surface area contributed by atoms with E-state index in [1.54, 1.807) is 0 Å². The Morgan fingerprint density at radius 1 is 1.32 bits per heavy atom. The third-order valence-electron chi connectivity index (χ3n) is 3.40. The standard InChI is InChI=1S/C15H19ClN2O/c1-3-12(4-2)17-14(19)10-18-9-8-11-6-5-7-13(16)15(11)18/h5-9,12H,3-4,10H2,1-2H3,(H,17,19). The number of rotatable bonds is 5. The highest BCUT2D eigenvalue weighted by Gasteiger charge is 2.11. The summed E-state index contributed by atoms with van der Waals surface area (Å²) in [5, 5.41) is 4.77. The predicted octanol–water partition coefficient (Wildman–Crippen LogP) is 3.60. The Bertz CT molecular complexity index is 573. The third kappa shape index (κ3) is 3.10. The highest BCUT2D eigenvalue weighted by atomic mass is 35.5. The lowest BCUT2D eigenvalue weighted by Gasteiger charge is -2.15. The molecule has 0 aliphatic heterocycles. The summed E-state index contributed by atoms with van der Waals surface area (Å²) in [5.41, 5.74) is 0.920. The van der Waals surface area contributed by atoms with Gasteiger partial charge in [0, 0.05) is 17.6 Å². The van der Waals surface area contributed by atoms with E-state index in [-0.39, 0.29) is 11.9 Å². The lowest BCUT2D eigenvalue weighted by Crippen LogP contribution is -2.36. The lowest BCUT2D eigenvalue weighted by molar-refractivity contribution is -0.122. The maximum Gasteiger partial charge on any atom is 0.240 e. The molecule has 0 aliphatic rings. The highest BCUT2D eigenvalue weighted by Crippen LogP contribution is 2.24. The van der Waals surface area contributed by atoms with Crippen molar-refractivity contribution in [2.75, 3.05) is 0 Å². The number of amides is 1. The van der Waals surface area contributed by atoms with E-state index in [2.05, 4.69) is 19.2 Å². The average molecular weight is 279 g/mol. The second-order valence-corrected chi connectivity index (χ2v) is 5.11. The molecule has 0 aliphatic carbocycles. The lowest BCUT2D eigenvalue weighted by atomic mass is 10.2. The molecule has 0 saturated heterocycles. The van der Waals surface area contributed by atoms with E-state index < -0.39 is 0 Å². The van der Waals surface area contributed by atoms with Crippen LogP contribution in [0.2, 0.25) is 5.02 Å². The van der Waals surface area contributed by atoms with Crippen LogP contribution in [0.5, 0.6) is 0 Å². The van der Waals surface area contributed by atoms with Crippen LogP contribution < -0.4 is 5.32 Å². The number of carbonyl (C=O) groups is 1. The fourth-order valence-corrected chi connectivity index (χ4v) is 2.56. The molecule has 0 atom stereocenters. The summed E-state index contributed by atoms with van der Waals surface area (Å²) in [5.74, 6) is 0.0334. The van der Waals surface area contributed by atoms with Gasteiger partial charge in [0.25, 0.3) is 0 Å². The summed E-state index contributed by atoms with van der Waals surface area (Å²) in [7, 11) is 0. The normalized spacial score (nSPS) is 11.2. The van der Waals surface area contributed by atoms with Crippen LogP contribution in [0.15, 0.2) is 30.5 Å². The van der Waals surface area contributed by atoms with E-state index in [1.165, 1.54) is 0 Å². The van der Waals surface area contributed by atoms with Crippen molar-refractivity contribution in [3.8, 4) is 0 Å². The minimum atomic E-state index is 0.0334. The summed E-state index contributed by atoms with van der Waals surface area (Å²) in [6, 6.07) is 7.99. The second kappa shape index (κ2) is 6.11. The number of hydrogen-bond acceptors (Lipinski definition) is 1. The van der Waals surface area contributed by atoms with Crippen LogP contribution in [0.1, 0.15) is 26.7 Å². The first-order valence-corrected chi connectivity index (χ1v) is 7.06. The molecular weight excluding hydrogens is 260 g/mol. The third-order valence-corrected chi connectivity index (χ3v) is 3.71. The SMILES string of the molecule is CCC(CC)NC(=O)Cn1ccc2cccc(Cl)c21. The largest absolute Gasteiger partial charge is 0.352 e. The van der Waals surface area contributed by atoms with E-state index in [1.807, 2.05) is 35.0 Å². The van der Waals surface area contributed by atoms with Crippen molar-refractivity contribution in [3.05, 3.63) is 35.5 Å². The molecule has 19 heavy (non-hydrogen) atoms. The van der Waals surface area contributed by atoms with Crippen molar-refractivity contribution in [1.82, 2.24) is 9.88 Å². The number of halogens is 1. The summed E-state index contributed by atoms with van der Waals surface area (Å²) in [4.78, 5) is 12.0. The van der Waals surface area contributed by atoms with Gasteiger partial charge in [-0.1, -0.05) is 37.6 Å². The average Bonchev–Trinajstić information content (AvgIpc) is 2.80. The fourth-order valence-electron chi connectivity index (χ4n) is 2.27. The number of carbonyl (C=O) groups excluding carboxylic acids is 1. The van der Waals surface area contributed by atoms with Crippen molar-refractivity contribution in [2.24, 2.45) is 0 Å². The quantitative estimate of drug-likeness (QED) is 0.891.